The Balaban J connectivity index is 2.60. The fourth-order valence-corrected chi connectivity index (χ4v) is 2.09. The van der Waals surface area contributed by atoms with Crippen LogP contribution < -0.4 is 16.9 Å². The number of aromatic nitrogens is 2. The number of aryl methyl sites for hydroxylation is 2. The normalized spacial score (nSPS) is 10.5. The molecule has 0 bridgehead atoms. The van der Waals surface area contributed by atoms with Gasteiger partial charge in [0.15, 0.2) is 0 Å². The molecule has 2 rings (SSSR count). The number of hydrogen-bond acceptors (Lipinski definition) is 3. The van der Waals surface area contributed by atoms with Gasteiger partial charge in [0, 0.05) is 18.1 Å². The van der Waals surface area contributed by atoms with Gasteiger partial charge in [-0.2, -0.15) is 0 Å². The van der Waals surface area contributed by atoms with Gasteiger partial charge in [-0.1, -0.05) is 6.07 Å². The third kappa shape index (κ3) is 2.69. The van der Waals surface area contributed by atoms with Crippen molar-refractivity contribution in [2.75, 3.05) is 0 Å². The molecule has 0 fully saturated rings. The Morgan fingerprint density at radius 2 is 1.65 bits per heavy atom. The van der Waals surface area contributed by atoms with Gasteiger partial charge < -0.3 is 5.73 Å². The lowest BCUT2D eigenvalue weighted by Crippen LogP contribution is -2.41. The van der Waals surface area contributed by atoms with Crippen LogP contribution in [0.15, 0.2) is 40.2 Å². The second-order valence-corrected chi connectivity index (χ2v) is 4.72. The zero-order valence-corrected chi connectivity index (χ0v) is 11.3. The van der Waals surface area contributed by atoms with Crippen LogP contribution in [-0.4, -0.2) is 15.0 Å². The number of benzene rings is 1. The molecule has 6 nitrogen and oxygen atoms in total. The lowest BCUT2D eigenvalue weighted by atomic mass is 10.1. The van der Waals surface area contributed by atoms with Gasteiger partial charge in [-0.25, -0.2) is 0 Å². The number of amides is 1. The van der Waals surface area contributed by atoms with Gasteiger partial charge in [-0.15, -0.1) is 0 Å². The highest BCUT2D eigenvalue weighted by Crippen LogP contribution is 2.11. The highest BCUT2D eigenvalue weighted by atomic mass is 16.2. The molecule has 1 aromatic carbocycles. The van der Waals surface area contributed by atoms with Crippen LogP contribution in [-0.2, 0) is 11.3 Å². The molecule has 0 aliphatic rings. The van der Waals surface area contributed by atoms with Gasteiger partial charge in [0.05, 0.1) is 0 Å². The second-order valence-electron chi connectivity index (χ2n) is 4.72. The Bertz CT molecular complexity index is 767. The molecular formula is C14H15N3O3. The molecule has 0 aliphatic heterocycles. The Morgan fingerprint density at radius 1 is 1.05 bits per heavy atom. The highest BCUT2D eigenvalue weighted by molar-refractivity contribution is 5.73. The minimum Gasteiger partial charge on any atom is -0.368 e. The highest BCUT2D eigenvalue weighted by Gasteiger charge is 2.08. The predicted octanol–water partition coefficient (Wildman–Crippen LogP) is 0.101. The van der Waals surface area contributed by atoms with E-state index in [9.17, 15) is 14.4 Å². The summed E-state index contributed by atoms with van der Waals surface area (Å²) in [5.41, 5.74) is 6.15. The monoisotopic (exact) mass is 273 g/mol. The van der Waals surface area contributed by atoms with Crippen molar-refractivity contribution >= 4 is 5.91 Å². The lowest BCUT2D eigenvalue weighted by molar-refractivity contribution is -0.118. The third-order valence-corrected chi connectivity index (χ3v) is 2.87. The van der Waals surface area contributed by atoms with Crippen LogP contribution in [0.25, 0.3) is 5.69 Å². The molecule has 0 aliphatic carbocycles. The number of hydrogen-bond donors (Lipinski definition) is 1. The minimum absolute atomic E-state index is 0.304. The Labute approximate surface area is 115 Å². The molecule has 0 unspecified atom stereocenters. The van der Waals surface area contributed by atoms with Crippen LogP contribution >= 0.6 is 0 Å². The molecule has 1 aromatic heterocycles. The van der Waals surface area contributed by atoms with E-state index in [1.165, 1.54) is 17.0 Å². The lowest BCUT2D eigenvalue weighted by Gasteiger charge is -2.09. The van der Waals surface area contributed by atoms with E-state index in [2.05, 4.69) is 0 Å². The second kappa shape index (κ2) is 5.16. The first-order chi connectivity index (χ1) is 9.38. The Kier molecular flexibility index (Phi) is 3.56. The van der Waals surface area contributed by atoms with Crippen LogP contribution in [0, 0.1) is 13.8 Å². The van der Waals surface area contributed by atoms with Crippen LogP contribution in [0.5, 0.6) is 0 Å². The number of rotatable bonds is 3. The summed E-state index contributed by atoms with van der Waals surface area (Å²) in [5.74, 6) is -0.671. The molecule has 104 valence electrons. The maximum Gasteiger partial charge on any atom is 0.320 e. The van der Waals surface area contributed by atoms with Crippen LogP contribution in [0.4, 0.5) is 0 Å². The zero-order valence-electron chi connectivity index (χ0n) is 11.3. The molecule has 0 saturated carbocycles. The number of carbonyl (C=O) groups is 1. The summed E-state index contributed by atoms with van der Waals surface area (Å²) in [7, 11) is 0. The van der Waals surface area contributed by atoms with Crippen molar-refractivity contribution in [1.82, 2.24) is 9.13 Å². The molecule has 0 radical (unpaired) electrons. The minimum atomic E-state index is -0.773. The van der Waals surface area contributed by atoms with Crippen molar-refractivity contribution in [3.8, 4) is 5.69 Å². The molecular weight excluding hydrogens is 258 g/mol. The quantitative estimate of drug-likeness (QED) is 0.805. The van der Waals surface area contributed by atoms with Crippen LogP contribution in [0.3, 0.4) is 0 Å². The molecule has 0 spiro atoms. The van der Waals surface area contributed by atoms with E-state index < -0.39 is 17.0 Å². The number of carbonyl (C=O) groups excluding carboxylic acids is 1. The van der Waals surface area contributed by atoms with Crippen molar-refractivity contribution in [3.63, 3.8) is 0 Å². The summed E-state index contributed by atoms with van der Waals surface area (Å²) in [6.45, 7) is 3.52. The zero-order chi connectivity index (χ0) is 14.9. The van der Waals surface area contributed by atoms with E-state index in [4.69, 9.17) is 5.73 Å². The molecule has 20 heavy (non-hydrogen) atoms. The number of primary amides is 1. The fourth-order valence-electron chi connectivity index (χ4n) is 2.09. The van der Waals surface area contributed by atoms with E-state index >= 15 is 0 Å². The van der Waals surface area contributed by atoms with E-state index in [-0.39, 0.29) is 6.54 Å². The van der Waals surface area contributed by atoms with Gasteiger partial charge in [0.1, 0.15) is 6.54 Å². The van der Waals surface area contributed by atoms with Crippen LogP contribution in [0.2, 0.25) is 0 Å². The molecule has 6 heteroatoms. The number of nitrogens with zero attached hydrogens (tertiary/aromatic N) is 2. The molecule has 1 heterocycles. The molecule has 1 amide bonds. The third-order valence-electron chi connectivity index (χ3n) is 2.87. The van der Waals surface area contributed by atoms with Gasteiger partial charge in [0.25, 0.3) is 0 Å². The standard InChI is InChI=1S/C14H15N3O3/c1-9-5-10(2)7-11(6-9)17-4-3-16(8-12(15)18)13(19)14(17)20/h3-7H,8H2,1-2H3,(H2,15,18). The molecule has 0 atom stereocenters. The molecule has 0 saturated heterocycles. The Hall–Kier alpha value is -2.63. The first-order valence-corrected chi connectivity index (χ1v) is 6.07. The van der Waals surface area contributed by atoms with Crippen molar-refractivity contribution < 1.29 is 4.79 Å². The summed E-state index contributed by atoms with van der Waals surface area (Å²) in [6.07, 6.45) is 2.84. The van der Waals surface area contributed by atoms with Crippen molar-refractivity contribution in [3.05, 3.63) is 62.4 Å². The topological polar surface area (TPSA) is 87.1 Å². The van der Waals surface area contributed by atoms with Crippen molar-refractivity contribution in [2.24, 2.45) is 5.73 Å². The van der Waals surface area contributed by atoms with E-state index in [1.807, 2.05) is 32.0 Å². The number of nitrogens with two attached hydrogens (primary N) is 1. The Morgan fingerprint density at radius 3 is 2.20 bits per heavy atom. The summed E-state index contributed by atoms with van der Waals surface area (Å²) in [5, 5.41) is 0. The fraction of sp³-hybridized carbons (Fsp3) is 0.214. The molecule has 2 aromatic rings. The predicted molar refractivity (Wildman–Crippen MR) is 75.0 cm³/mol. The van der Waals surface area contributed by atoms with E-state index in [1.54, 1.807) is 0 Å². The average molecular weight is 273 g/mol. The average Bonchev–Trinajstić information content (AvgIpc) is 2.33. The first kappa shape index (κ1) is 13.8. The molecule has 2 N–H and O–H groups in total. The maximum absolute atomic E-state index is 12.1. The summed E-state index contributed by atoms with van der Waals surface area (Å²) in [4.78, 5) is 34.8. The van der Waals surface area contributed by atoms with Gasteiger partial charge >= 0.3 is 11.1 Å². The van der Waals surface area contributed by atoms with Gasteiger partial charge in [0.2, 0.25) is 5.91 Å². The van der Waals surface area contributed by atoms with Crippen LogP contribution in [0.1, 0.15) is 11.1 Å². The van der Waals surface area contributed by atoms with Crippen molar-refractivity contribution in [1.29, 1.82) is 0 Å². The maximum atomic E-state index is 12.1. The van der Waals surface area contributed by atoms with Crippen molar-refractivity contribution in [2.45, 2.75) is 20.4 Å². The largest absolute Gasteiger partial charge is 0.368 e. The summed E-state index contributed by atoms with van der Waals surface area (Å²) in [6, 6.07) is 5.60. The smallest absolute Gasteiger partial charge is 0.320 e. The summed E-state index contributed by atoms with van der Waals surface area (Å²) >= 11 is 0. The summed E-state index contributed by atoms with van der Waals surface area (Å²) < 4.78 is 2.27. The van der Waals surface area contributed by atoms with E-state index in [0.29, 0.717) is 5.69 Å². The van der Waals surface area contributed by atoms with Gasteiger partial charge in [-0.05, 0) is 37.1 Å². The SMILES string of the molecule is Cc1cc(C)cc(-n2ccn(CC(N)=O)c(=O)c2=O)c1. The van der Waals surface area contributed by atoms with E-state index in [0.717, 1.165) is 15.7 Å². The first-order valence-electron chi connectivity index (χ1n) is 6.07. The van der Waals surface area contributed by atoms with Gasteiger partial charge in [-0.3, -0.25) is 23.5 Å².